The van der Waals surface area contributed by atoms with Gasteiger partial charge < -0.3 is 10.2 Å². The molecule has 0 bridgehead atoms. The lowest BCUT2D eigenvalue weighted by atomic mass is 9.84. The summed E-state index contributed by atoms with van der Waals surface area (Å²) in [6, 6.07) is 0.232. The molecule has 1 atom stereocenters. The van der Waals surface area contributed by atoms with Gasteiger partial charge in [-0.05, 0) is 51.5 Å². The molecule has 1 aliphatic carbocycles. The summed E-state index contributed by atoms with van der Waals surface area (Å²) in [5.74, 6) is 0.761. The Balaban J connectivity index is 1.43. The molecule has 3 rings (SSSR count). The zero-order valence-electron chi connectivity index (χ0n) is 13.6. The van der Waals surface area contributed by atoms with Gasteiger partial charge in [-0.1, -0.05) is 6.42 Å². The predicted octanol–water partition coefficient (Wildman–Crippen LogP) is 1.38. The van der Waals surface area contributed by atoms with Crippen molar-refractivity contribution in [2.75, 3.05) is 32.7 Å². The Morgan fingerprint density at radius 1 is 0.909 bits per heavy atom. The third-order valence-corrected chi connectivity index (χ3v) is 5.40. The van der Waals surface area contributed by atoms with Gasteiger partial charge in [-0.3, -0.25) is 14.5 Å². The zero-order chi connectivity index (χ0) is 15.4. The van der Waals surface area contributed by atoms with Crippen LogP contribution in [-0.4, -0.2) is 60.4 Å². The Morgan fingerprint density at radius 2 is 1.68 bits per heavy atom. The summed E-state index contributed by atoms with van der Waals surface area (Å²) in [6.45, 7) is 4.19. The molecule has 2 amide bonds. The van der Waals surface area contributed by atoms with E-state index in [0.717, 1.165) is 64.7 Å². The molecule has 22 heavy (non-hydrogen) atoms. The lowest BCUT2D eigenvalue weighted by molar-refractivity contribution is -0.133. The van der Waals surface area contributed by atoms with Gasteiger partial charge in [-0.15, -0.1) is 0 Å². The number of hydrogen-bond donors (Lipinski definition) is 1. The maximum atomic E-state index is 12.4. The van der Waals surface area contributed by atoms with Crippen LogP contribution in [-0.2, 0) is 9.59 Å². The standard InChI is InChI=1S/C17H29N3O2/c21-16(20-10-2-1-3-11-20)13-19-9-5-8-15(12-19)18-17(22)14-6-4-7-14/h14-15H,1-13H2,(H,18,22). The second-order valence-electron chi connectivity index (χ2n) is 7.15. The normalized spacial score (nSPS) is 27.3. The van der Waals surface area contributed by atoms with Crippen molar-refractivity contribution >= 4 is 11.8 Å². The average Bonchev–Trinajstić information content (AvgIpc) is 2.46. The van der Waals surface area contributed by atoms with Crippen molar-refractivity contribution in [3.63, 3.8) is 0 Å². The van der Waals surface area contributed by atoms with Gasteiger partial charge >= 0.3 is 0 Å². The van der Waals surface area contributed by atoms with E-state index in [1.54, 1.807) is 0 Å². The first kappa shape index (κ1) is 15.8. The fourth-order valence-corrected chi connectivity index (χ4v) is 3.74. The molecule has 3 aliphatic rings. The number of nitrogens with zero attached hydrogens (tertiary/aromatic N) is 2. The van der Waals surface area contributed by atoms with E-state index in [1.165, 1.54) is 12.8 Å². The minimum atomic E-state index is 0.232. The van der Waals surface area contributed by atoms with E-state index in [0.29, 0.717) is 6.54 Å². The van der Waals surface area contributed by atoms with Crippen LogP contribution >= 0.6 is 0 Å². The summed E-state index contributed by atoms with van der Waals surface area (Å²) in [7, 11) is 0. The maximum absolute atomic E-state index is 12.4. The van der Waals surface area contributed by atoms with E-state index in [-0.39, 0.29) is 23.8 Å². The highest BCUT2D eigenvalue weighted by molar-refractivity contribution is 5.80. The molecule has 1 N–H and O–H groups in total. The Kier molecular flexibility index (Phi) is 5.34. The van der Waals surface area contributed by atoms with Gasteiger partial charge in [0.2, 0.25) is 11.8 Å². The predicted molar refractivity (Wildman–Crippen MR) is 85.4 cm³/mol. The van der Waals surface area contributed by atoms with Crippen LogP contribution in [0.15, 0.2) is 0 Å². The number of rotatable bonds is 4. The van der Waals surface area contributed by atoms with Crippen molar-refractivity contribution < 1.29 is 9.59 Å². The Labute approximate surface area is 133 Å². The summed E-state index contributed by atoms with van der Waals surface area (Å²) in [4.78, 5) is 28.7. The largest absolute Gasteiger partial charge is 0.352 e. The molecular formula is C17H29N3O2. The van der Waals surface area contributed by atoms with Gasteiger partial charge in [0, 0.05) is 31.6 Å². The Hall–Kier alpha value is -1.10. The summed E-state index contributed by atoms with van der Waals surface area (Å²) in [6.07, 6.45) is 8.96. The van der Waals surface area contributed by atoms with Crippen molar-refractivity contribution in [3.8, 4) is 0 Å². The average molecular weight is 307 g/mol. The third kappa shape index (κ3) is 4.00. The lowest BCUT2D eigenvalue weighted by Gasteiger charge is -2.36. The first-order chi connectivity index (χ1) is 10.7. The van der Waals surface area contributed by atoms with E-state index in [1.807, 2.05) is 4.90 Å². The van der Waals surface area contributed by atoms with Crippen LogP contribution in [0.4, 0.5) is 0 Å². The van der Waals surface area contributed by atoms with Crippen LogP contribution in [0, 0.1) is 5.92 Å². The summed E-state index contributed by atoms with van der Waals surface area (Å²) in [5, 5.41) is 3.20. The molecule has 1 unspecified atom stereocenters. The molecule has 0 radical (unpaired) electrons. The lowest BCUT2D eigenvalue weighted by Crippen LogP contribution is -2.52. The first-order valence-electron chi connectivity index (χ1n) is 9.03. The molecule has 124 valence electrons. The van der Waals surface area contributed by atoms with Gasteiger partial charge in [0.1, 0.15) is 0 Å². The summed E-state index contributed by atoms with van der Waals surface area (Å²) < 4.78 is 0. The third-order valence-electron chi connectivity index (χ3n) is 5.40. The van der Waals surface area contributed by atoms with Gasteiger partial charge in [0.15, 0.2) is 0 Å². The van der Waals surface area contributed by atoms with Crippen molar-refractivity contribution in [3.05, 3.63) is 0 Å². The molecule has 0 aromatic heterocycles. The maximum Gasteiger partial charge on any atom is 0.236 e. The zero-order valence-corrected chi connectivity index (χ0v) is 13.6. The molecule has 2 saturated heterocycles. The number of likely N-dealkylation sites (tertiary alicyclic amines) is 2. The highest BCUT2D eigenvalue weighted by Gasteiger charge is 2.29. The van der Waals surface area contributed by atoms with Crippen molar-refractivity contribution in [1.29, 1.82) is 0 Å². The second-order valence-corrected chi connectivity index (χ2v) is 7.15. The molecule has 1 saturated carbocycles. The SMILES string of the molecule is O=C(NC1CCCN(CC(=O)N2CCCCC2)C1)C1CCC1. The molecule has 0 aromatic carbocycles. The van der Waals surface area contributed by atoms with E-state index >= 15 is 0 Å². The van der Waals surface area contributed by atoms with Crippen LogP contribution in [0.3, 0.4) is 0 Å². The van der Waals surface area contributed by atoms with Crippen LogP contribution in [0.25, 0.3) is 0 Å². The van der Waals surface area contributed by atoms with Crippen molar-refractivity contribution in [1.82, 2.24) is 15.1 Å². The minimum Gasteiger partial charge on any atom is -0.352 e. The van der Waals surface area contributed by atoms with Crippen LogP contribution in [0.1, 0.15) is 51.4 Å². The molecule has 2 heterocycles. The summed E-state index contributed by atoms with van der Waals surface area (Å²) >= 11 is 0. The topological polar surface area (TPSA) is 52.7 Å². The number of carbonyl (C=O) groups is 2. The van der Waals surface area contributed by atoms with Gasteiger partial charge in [-0.2, -0.15) is 0 Å². The minimum absolute atomic E-state index is 0.232. The van der Waals surface area contributed by atoms with E-state index in [9.17, 15) is 9.59 Å². The molecule has 3 fully saturated rings. The number of nitrogens with one attached hydrogen (secondary N) is 1. The van der Waals surface area contributed by atoms with Gasteiger partial charge in [0.25, 0.3) is 0 Å². The van der Waals surface area contributed by atoms with Crippen LogP contribution in [0.2, 0.25) is 0 Å². The Bertz CT molecular complexity index is 403. The molecule has 2 aliphatic heterocycles. The Morgan fingerprint density at radius 3 is 2.36 bits per heavy atom. The number of piperidine rings is 2. The fourth-order valence-electron chi connectivity index (χ4n) is 3.74. The highest BCUT2D eigenvalue weighted by atomic mass is 16.2. The number of hydrogen-bond acceptors (Lipinski definition) is 3. The van der Waals surface area contributed by atoms with E-state index < -0.39 is 0 Å². The molecule has 0 spiro atoms. The quantitative estimate of drug-likeness (QED) is 0.854. The second kappa shape index (κ2) is 7.44. The van der Waals surface area contributed by atoms with Gasteiger partial charge in [0.05, 0.1) is 6.54 Å². The number of carbonyl (C=O) groups excluding carboxylic acids is 2. The monoisotopic (exact) mass is 307 g/mol. The number of amides is 2. The highest BCUT2D eigenvalue weighted by Crippen LogP contribution is 2.26. The smallest absolute Gasteiger partial charge is 0.236 e. The first-order valence-corrected chi connectivity index (χ1v) is 9.03. The molecule has 5 nitrogen and oxygen atoms in total. The summed E-state index contributed by atoms with van der Waals surface area (Å²) in [5.41, 5.74) is 0. The fraction of sp³-hybridized carbons (Fsp3) is 0.882. The molecule has 0 aromatic rings. The van der Waals surface area contributed by atoms with Crippen molar-refractivity contribution in [2.45, 2.75) is 57.4 Å². The van der Waals surface area contributed by atoms with E-state index in [4.69, 9.17) is 0 Å². The van der Waals surface area contributed by atoms with Crippen LogP contribution in [0.5, 0.6) is 0 Å². The van der Waals surface area contributed by atoms with Crippen LogP contribution < -0.4 is 5.32 Å². The van der Waals surface area contributed by atoms with Crippen molar-refractivity contribution in [2.24, 2.45) is 5.92 Å². The molecule has 5 heteroatoms. The van der Waals surface area contributed by atoms with Gasteiger partial charge in [-0.25, -0.2) is 0 Å². The van der Waals surface area contributed by atoms with E-state index in [2.05, 4.69) is 10.2 Å². The molecular weight excluding hydrogens is 278 g/mol.